The standard InChI is InChI=1S/C17H22O4/c1-12(11-18)9-16(15-7-5-4-6-8-15)10-17(20)13(2)21-14(3)19/h4-8,11-13,16H,9-10H2,1-3H3. The van der Waals surface area contributed by atoms with Crippen LogP contribution in [0, 0.1) is 5.92 Å². The number of rotatable bonds is 8. The fourth-order valence-corrected chi connectivity index (χ4v) is 2.29. The average Bonchev–Trinajstić information content (AvgIpc) is 2.46. The smallest absolute Gasteiger partial charge is 0.303 e. The van der Waals surface area contributed by atoms with Crippen LogP contribution in [-0.4, -0.2) is 24.1 Å². The summed E-state index contributed by atoms with van der Waals surface area (Å²) < 4.78 is 4.92. The van der Waals surface area contributed by atoms with Crippen molar-refractivity contribution in [3.8, 4) is 0 Å². The molecule has 1 aromatic rings. The molecular weight excluding hydrogens is 268 g/mol. The van der Waals surface area contributed by atoms with Gasteiger partial charge in [-0.05, 0) is 24.8 Å². The zero-order valence-corrected chi connectivity index (χ0v) is 12.7. The molecule has 3 unspecified atom stereocenters. The predicted octanol–water partition coefficient (Wildman–Crippen LogP) is 2.91. The lowest BCUT2D eigenvalue weighted by Crippen LogP contribution is -2.25. The van der Waals surface area contributed by atoms with Gasteiger partial charge in [0, 0.05) is 19.3 Å². The molecule has 0 aliphatic carbocycles. The first-order valence-electron chi connectivity index (χ1n) is 7.14. The Balaban J connectivity index is 2.80. The fraction of sp³-hybridized carbons (Fsp3) is 0.471. The van der Waals surface area contributed by atoms with Gasteiger partial charge in [-0.3, -0.25) is 9.59 Å². The topological polar surface area (TPSA) is 60.4 Å². The average molecular weight is 290 g/mol. The van der Waals surface area contributed by atoms with Crippen LogP contribution in [0.2, 0.25) is 0 Å². The third-order valence-corrected chi connectivity index (χ3v) is 3.40. The van der Waals surface area contributed by atoms with Crippen LogP contribution < -0.4 is 0 Å². The summed E-state index contributed by atoms with van der Waals surface area (Å²) in [4.78, 5) is 34.0. The zero-order chi connectivity index (χ0) is 15.8. The summed E-state index contributed by atoms with van der Waals surface area (Å²) in [6.45, 7) is 4.70. The van der Waals surface area contributed by atoms with Crippen LogP contribution >= 0.6 is 0 Å². The largest absolute Gasteiger partial charge is 0.455 e. The Morgan fingerprint density at radius 2 is 1.81 bits per heavy atom. The fourth-order valence-electron chi connectivity index (χ4n) is 2.29. The molecule has 0 aliphatic rings. The van der Waals surface area contributed by atoms with E-state index in [1.807, 2.05) is 37.3 Å². The molecule has 0 spiro atoms. The van der Waals surface area contributed by atoms with E-state index in [9.17, 15) is 14.4 Å². The van der Waals surface area contributed by atoms with Gasteiger partial charge < -0.3 is 9.53 Å². The Morgan fingerprint density at radius 1 is 1.19 bits per heavy atom. The lowest BCUT2D eigenvalue weighted by Gasteiger charge is -2.20. The second-order valence-electron chi connectivity index (χ2n) is 5.38. The van der Waals surface area contributed by atoms with Crippen LogP contribution in [0.25, 0.3) is 0 Å². The van der Waals surface area contributed by atoms with E-state index in [2.05, 4.69) is 0 Å². The summed E-state index contributed by atoms with van der Waals surface area (Å²) in [5.41, 5.74) is 1.02. The van der Waals surface area contributed by atoms with E-state index >= 15 is 0 Å². The molecule has 0 aliphatic heterocycles. The molecule has 1 rings (SSSR count). The molecule has 0 heterocycles. The summed E-state index contributed by atoms with van der Waals surface area (Å²) in [5, 5.41) is 0. The SMILES string of the molecule is CC(=O)OC(C)C(=O)CC(CC(C)C=O)c1ccccc1. The number of benzene rings is 1. The summed E-state index contributed by atoms with van der Waals surface area (Å²) in [7, 11) is 0. The second kappa shape index (κ2) is 8.35. The van der Waals surface area contributed by atoms with E-state index in [0.29, 0.717) is 6.42 Å². The molecule has 0 saturated carbocycles. The van der Waals surface area contributed by atoms with Crippen molar-refractivity contribution in [2.45, 2.75) is 45.6 Å². The number of ketones is 1. The van der Waals surface area contributed by atoms with E-state index in [1.165, 1.54) is 6.92 Å². The highest BCUT2D eigenvalue weighted by Crippen LogP contribution is 2.27. The van der Waals surface area contributed by atoms with Crippen molar-refractivity contribution in [1.82, 2.24) is 0 Å². The van der Waals surface area contributed by atoms with E-state index in [0.717, 1.165) is 11.8 Å². The Labute approximate surface area is 125 Å². The van der Waals surface area contributed by atoms with Crippen molar-refractivity contribution >= 4 is 18.0 Å². The molecule has 0 saturated heterocycles. The number of Topliss-reactive ketones (excluding diaryl/α,β-unsaturated/α-hetero) is 1. The van der Waals surface area contributed by atoms with E-state index in [-0.39, 0.29) is 24.0 Å². The minimum absolute atomic E-state index is 0.0445. The molecule has 0 radical (unpaired) electrons. The highest BCUT2D eigenvalue weighted by molar-refractivity contribution is 5.85. The molecule has 114 valence electrons. The van der Waals surface area contributed by atoms with Gasteiger partial charge in [-0.15, -0.1) is 0 Å². The first-order chi connectivity index (χ1) is 9.93. The number of carbonyl (C=O) groups is 3. The maximum Gasteiger partial charge on any atom is 0.303 e. The molecular formula is C17H22O4. The van der Waals surface area contributed by atoms with E-state index in [1.54, 1.807) is 6.92 Å². The minimum atomic E-state index is -0.750. The van der Waals surface area contributed by atoms with Crippen molar-refractivity contribution in [1.29, 1.82) is 0 Å². The van der Waals surface area contributed by atoms with Crippen molar-refractivity contribution < 1.29 is 19.1 Å². The van der Waals surface area contributed by atoms with E-state index < -0.39 is 12.1 Å². The molecule has 3 atom stereocenters. The third kappa shape index (κ3) is 5.90. The Hall–Kier alpha value is -1.97. The quantitative estimate of drug-likeness (QED) is 0.545. The lowest BCUT2D eigenvalue weighted by molar-refractivity contribution is -0.152. The molecule has 0 fully saturated rings. The minimum Gasteiger partial charge on any atom is -0.455 e. The Kier molecular flexibility index (Phi) is 6.79. The monoisotopic (exact) mass is 290 g/mol. The Morgan fingerprint density at radius 3 is 2.33 bits per heavy atom. The maximum absolute atomic E-state index is 12.2. The van der Waals surface area contributed by atoms with Gasteiger partial charge >= 0.3 is 5.97 Å². The number of aldehydes is 1. The first kappa shape index (κ1) is 17.1. The number of carbonyl (C=O) groups excluding carboxylic acids is 3. The van der Waals surface area contributed by atoms with Crippen molar-refractivity contribution in [3.05, 3.63) is 35.9 Å². The van der Waals surface area contributed by atoms with Gasteiger partial charge in [0.05, 0.1) is 0 Å². The van der Waals surface area contributed by atoms with Crippen LogP contribution in [0.5, 0.6) is 0 Å². The van der Waals surface area contributed by atoms with Crippen molar-refractivity contribution in [2.24, 2.45) is 5.92 Å². The number of hydrogen-bond donors (Lipinski definition) is 0. The van der Waals surface area contributed by atoms with Crippen LogP contribution in [0.15, 0.2) is 30.3 Å². The highest BCUT2D eigenvalue weighted by Gasteiger charge is 2.23. The summed E-state index contributed by atoms with van der Waals surface area (Å²) in [6, 6.07) is 9.63. The van der Waals surface area contributed by atoms with Gasteiger partial charge in [-0.1, -0.05) is 37.3 Å². The van der Waals surface area contributed by atoms with Crippen LogP contribution in [0.3, 0.4) is 0 Å². The van der Waals surface area contributed by atoms with Crippen molar-refractivity contribution in [2.75, 3.05) is 0 Å². The summed E-state index contributed by atoms with van der Waals surface area (Å²) in [6.07, 6.45) is 1.01. The molecule has 0 N–H and O–H groups in total. The van der Waals surface area contributed by atoms with Gasteiger partial charge in [0.25, 0.3) is 0 Å². The summed E-state index contributed by atoms with van der Waals surface area (Å²) >= 11 is 0. The molecule has 4 nitrogen and oxygen atoms in total. The van der Waals surface area contributed by atoms with Gasteiger partial charge in [0.2, 0.25) is 0 Å². The number of hydrogen-bond acceptors (Lipinski definition) is 4. The van der Waals surface area contributed by atoms with Crippen LogP contribution in [0.1, 0.15) is 45.1 Å². The maximum atomic E-state index is 12.2. The number of esters is 1. The normalized spacial score (nSPS) is 14.8. The molecule has 4 heteroatoms. The van der Waals surface area contributed by atoms with Crippen LogP contribution in [-0.2, 0) is 19.1 Å². The van der Waals surface area contributed by atoms with Gasteiger partial charge in [-0.25, -0.2) is 0 Å². The molecule has 0 bridgehead atoms. The zero-order valence-electron chi connectivity index (χ0n) is 12.7. The van der Waals surface area contributed by atoms with Gasteiger partial charge in [-0.2, -0.15) is 0 Å². The van der Waals surface area contributed by atoms with Gasteiger partial charge in [0.15, 0.2) is 11.9 Å². The molecule has 1 aromatic carbocycles. The molecule has 0 aromatic heterocycles. The predicted molar refractivity (Wildman–Crippen MR) is 79.9 cm³/mol. The molecule has 21 heavy (non-hydrogen) atoms. The first-order valence-corrected chi connectivity index (χ1v) is 7.14. The molecule has 0 amide bonds. The summed E-state index contributed by atoms with van der Waals surface area (Å²) in [5.74, 6) is -0.755. The van der Waals surface area contributed by atoms with Gasteiger partial charge in [0.1, 0.15) is 6.29 Å². The second-order valence-corrected chi connectivity index (χ2v) is 5.38. The lowest BCUT2D eigenvalue weighted by atomic mass is 9.85. The third-order valence-electron chi connectivity index (χ3n) is 3.40. The number of ether oxygens (including phenoxy) is 1. The van der Waals surface area contributed by atoms with Crippen molar-refractivity contribution in [3.63, 3.8) is 0 Å². The van der Waals surface area contributed by atoms with Crippen LogP contribution in [0.4, 0.5) is 0 Å². The Bertz CT molecular complexity index is 481. The highest BCUT2D eigenvalue weighted by atomic mass is 16.5. The van der Waals surface area contributed by atoms with E-state index in [4.69, 9.17) is 4.74 Å².